The van der Waals surface area contributed by atoms with E-state index in [0.29, 0.717) is 18.0 Å². The smallest absolute Gasteiger partial charge is 0.244 e. The van der Waals surface area contributed by atoms with Gasteiger partial charge in [0.15, 0.2) is 0 Å². The third-order valence-corrected chi connectivity index (χ3v) is 2.70. The van der Waals surface area contributed by atoms with Crippen molar-refractivity contribution >= 4 is 24.0 Å². The molecule has 0 aromatic heterocycles. The van der Waals surface area contributed by atoms with Crippen molar-refractivity contribution in [1.29, 1.82) is 0 Å². The topological polar surface area (TPSA) is 64.3 Å². The average Bonchev–Trinajstić information content (AvgIpc) is 3.07. The van der Waals surface area contributed by atoms with Crippen molar-refractivity contribution in [3.63, 3.8) is 0 Å². The van der Waals surface area contributed by atoms with Crippen molar-refractivity contribution in [2.45, 2.75) is 18.4 Å². The molecule has 1 saturated carbocycles. The lowest BCUT2D eigenvalue weighted by Crippen LogP contribution is -2.37. The number of hydrogen-bond donors (Lipinski definition) is 2. The van der Waals surface area contributed by atoms with Crippen LogP contribution >= 0.6 is 12.4 Å². The van der Waals surface area contributed by atoms with Crippen LogP contribution in [0.4, 0.5) is 5.69 Å². The van der Waals surface area contributed by atoms with Crippen molar-refractivity contribution in [2.24, 2.45) is 5.73 Å². The molecule has 4 nitrogen and oxygen atoms in total. The van der Waals surface area contributed by atoms with Gasteiger partial charge in [0, 0.05) is 11.8 Å². The molecule has 1 aromatic carbocycles. The summed E-state index contributed by atoms with van der Waals surface area (Å²) in [4.78, 5) is 11.7. The second kappa shape index (κ2) is 5.89. The molecule has 0 spiro atoms. The van der Waals surface area contributed by atoms with Gasteiger partial charge in [0.25, 0.3) is 0 Å². The fourth-order valence-corrected chi connectivity index (χ4v) is 1.44. The Kier molecular flexibility index (Phi) is 4.76. The number of rotatable bonds is 5. The SMILES string of the molecule is C=CCOc1cccc(NC(=O)C2(N)CC2)c1.Cl. The second-order valence-corrected chi connectivity index (χ2v) is 4.24. The van der Waals surface area contributed by atoms with E-state index in [1.165, 1.54) is 0 Å². The number of halogens is 1. The van der Waals surface area contributed by atoms with E-state index in [1.54, 1.807) is 12.1 Å². The monoisotopic (exact) mass is 268 g/mol. The van der Waals surface area contributed by atoms with Gasteiger partial charge in [-0.25, -0.2) is 0 Å². The molecule has 18 heavy (non-hydrogen) atoms. The molecule has 0 unspecified atom stereocenters. The zero-order chi connectivity index (χ0) is 12.3. The van der Waals surface area contributed by atoms with Gasteiger partial charge < -0.3 is 15.8 Å². The summed E-state index contributed by atoms with van der Waals surface area (Å²) in [6.45, 7) is 4.02. The average molecular weight is 269 g/mol. The maximum atomic E-state index is 11.7. The Morgan fingerprint density at radius 1 is 1.56 bits per heavy atom. The van der Waals surface area contributed by atoms with Crippen LogP contribution in [0.3, 0.4) is 0 Å². The molecule has 5 heteroatoms. The highest BCUT2D eigenvalue weighted by atomic mass is 35.5. The summed E-state index contributed by atoms with van der Waals surface area (Å²) < 4.78 is 5.38. The Bertz CT molecular complexity index is 444. The molecule has 3 N–H and O–H groups in total. The third kappa shape index (κ3) is 3.48. The summed E-state index contributed by atoms with van der Waals surface area (Å²) in [5.74, 6) is 0.572. The highest BCUT2D eigenvalue weighted by molar-refractivity contribution is 6.00. The van der Waals surface area contributed by atoms with Gasteiger partial charge in [0.05, 0.1) is 5.54 Å². The molecule has 2 rings (SSSR count). The molecule has 1 aromatic rings. The van der Waals surface area contributed by atoms with Crippen molar-refractivity contribution in [2.75, 3.05) is 11.9 Å². The quantitative estimate of drug-likeness (QED) is 0.804. The van der Waals surface area contributed by atoms with Crippen LogP contribution in [0.1, 0.15) is 12.8 Å². The van der Waals surface area contributed by atoms with Gasteiger partial charge in [-0.05, 0) is 25.0 Å². The van der Waals surface area contributed by atoms with Crippen molar-refractivity contribution in [3.05, 3.63) is 36.9 Å². The fourth-order valence-electron chi connectivity index (χ4n) is 1.44. The Balaban J connectivity index is 0.00000162. The maximum absolute atomic E-state index is 11.7. The summed E-state index contributed by atoms with van der Waals surface area (Å²) in [5.41, 5.74) is 5.85. The van der Waals surface area contributed by atoms with Crippen LogP contribution in [0.2, 0.25) is 0 Å². The lowest BCUT2D eigenvalue weighted by molar-refractivity contribution is -0.118. The lowest BCUT2D eigenvalue weighted by Gasteiger charge is -2.11. The Morgan fingerprint density at radius 3 is 2.89 bits per heavy atom. The Hall–Kier alpha value is -1.52. The standard InChI is InChI=1S/C13H16N2O2.ClH/c1-2-8-17-11-5-3-4-10(9-11)15-12(16)13(14)6-7-13;/h2-5,9H,1,6-8,14H2,(H,15,16);1H. The van der Waals surface area contributed by atoms with Crippen LogP contribution in [0.5, 0.6) is 5.75 Å². The minimum absolute atomic E-state index is 0. The van der Waals surface area contributed by atoms with Crippen molar-refractivity contribution in [3.8, 4) is 5.75 Å². The second-order valence-electron chi connectivity index (χ2n) is 4.24. The number of carbonyl (C=O) groups excluding carboxylic acids is 1. The molecule has 1 aliphatic carbocycles. The molecule has 1 fully saturated rings. The first kappa shape index (κ1) is 14.5. The normalized spacial score (nSPS) is 15.2. The number of nitrogens with one attached hydrogen (secondary N) is 1. The van der Waals surface area contributed by atoms with Gasteiger partial charge in [-0.15, -0.1) is 12.4 Å². The molecule has 0 atom stereocenters. The molecule has 0 bridgehead atoms. The zero-order valence-electron chi connectivity index (χ0n) is 10.0. The fraction of sp³-hybridized carbons (Fsp3) is 0.308. The number of carbonyl (C=O) groups is 1. The van der Waals surface area contributed by atoms with E-state index in [9.17, 15) is 4.79 Å². The number of hydrogen-bond acceptors (Lipinski definition) is 3. The molecule has 0 radical (unpaired) electrons. The molecule has 0 saturated heterocycles. The molecule has 1 aliphatic rings. The van der Waals surface area contributed by atoms with Crippen LogP contribution in [0.15, 0.2) is 36.9 Å². The minimum atomic E-state index is -0.655. The first-order valence-electron chi connectivity index (χ1n) is 5.58. The molecule has 98 valence electrons. The van der Waals surface area contributed by atoms with Crippen molar-refractivity contribution in [1.82, 2.24) is 0 Å². The molecule has 0 aliphatic heterocycles. The lowest BCUT2D eigenvalue weighted by atomic mass is 10.2. The number of benzene rings is 1. The third-order valence-electron chi connectivity index (χ3n) is 2.70. The van der Waals surface area contributed by atoms with Crippen molar-refractivity contribution < 1.29 is 9.53 Å². The van der Waals surface area contributed by atoms with Gasteiger partial charge >= 0.3 is 0 Å². The minimum Gasteiger partial charge on any atom is -0.489 e. The number of amides is 1. The summed E-state index contributed by atoms with van der Waals surface area (Å²) in [7, 11) is 0. The maximum Gasteiger partial charge on any atom is 0.244 e. The molecule has 0 heterocycles. The Labute approximate surface area is 113 Å². The van der Waals surface area contributed by atoms with E-state index in [0.717, 1.165) is 12.8 Å². The van der Waals surface area contributed by atoms with Gasteiger partial charge in [-0.1, -0.05) is 18.7 Å². The van der Waals surface area contributed by atoms with Gasteiger partial charge in [0.1, 0.15) is 12.4 Å². The van der Waals surface area contributed by atoms with E-state index in [4.69, 9.17) is 10.5 Å². The van der Waals surface area contributed by atoms with Crippen LogP contribution in [-0.2, 0) is 4.79 Å². The van der Waals surface area contributed by atoms with E-state index in [2.05, 4.69) is 11.9 Å². The first-order valence-corrected chi connectivity index (χ1v) is 5.58. The summed E-state index contributed by atoms with van der Waals surface area (Å²) in [6, 6.07) is 7.23. The number of nitrogens with two attached hydrogens (primary N) is 1. The molecular formula is C13H17ClN2O2. The highest BCUT2D eigenvalue weighted by Gasteiger charge is 2.45. The van der Waals surface area contributed by atoms with Crippen LogP contribution < -0.4 is 15.8 Å². The number of anilines is 1. The van der Waals surface area contributed by atoms with Gasteiger partial charge in [0.2, 0.25) is 5.91 Å². The summed E-state index contributed by atoms with van der Waals surface area (Å²) in [5, 5.41) is 2.79. The van der Waals surface area contributed by atoms with E-state index in [-0.39, 0.29) is 18.3 Å². The van der Waals surface area contributed by atoms with E-state index < -0.39 is 5.54 Å². The van der Waals surface area contributed by atoms with Gasteiger partial charge in [-0.3, -0.25) is 4.79 Å². The van der Waals surface area contributed by atoms with E-state index >= 15 is 0 Å². The van der Waals surface area contributed by atoms with Crippen LogP contribution in [0, 0.1) is 0 Å². The first-order chi connectivity index (χ1) is 8.14. The zero-order valence-corrected chi connectivity index (χ0v) is 10.8. The van der Waals surface area contributed by atoms with Crippen LogP contribution in [0.25, 0.3) is 0 Å². The predicted octanol–water partition coefficient (Wildman–Crippen LogP) is 2.10. The molecule has 1 amide bonds. The Morgan fingerprint density at radius 2 is 2.28 bits per heavy atom. The van der Waals surface area contributed by atoms with Crippen LogP contribution in [-0.4, -0.2) is 18.1 Å². The summed E-state index contributed by atoms with van der Waals surface area (Å²) in [6.07, 6.45) is 3.18. The largest absolute Gasteiger partial charge is 0.489 e. The van der Waals surface area contributed by atoms with E-state index in [1.807, 2.05) is 18.2 Å². The number of ether oxygens (including phenoxy) is 1. The predicted molar refractivity (Wildman–Crippen MR) is 74.2 cm³/mol. The molecular weight excluding hydrogens is 252 g/mol. The van der Waals surface area contributed by atoms with Gasteiger partial charge in [-0.2, -0.15) is 0 Å². The summed E-state index contributed by atoms with van der Waals surface area (Å²) >= 11 is 0. The highest BCUT2D eigenvalue weighted by Crippen LogP contribution is 2.33.